The van der Waals surface area contributed by atoms with Crippen LogP contribution in [-0.2, 0) is 20.0 Å². The van der Waals surface area contributed by atoms with Gasteiger partial charge < -0.3 is 19.5 Å². The molecule has 1 aromatic carbocycles. The molecule has 1 fully saturated rings. The second-order valence-electron chi connectivity index (χ2n) is 8.62. The van der Waals surface area contributed by atoms with Crippen molar-refractivity contribution in [3.05, 3.63) is 41.5 Å². The predicted molar refractivity (Wildman–Crippen MR) is 121 cm³/mol. The number of ether oxygens (including phenoxy) is 1. The zero-order valence-electron chi connectivity index (χ0n) is 19.1. The number of hydrogen-bond donors (Lipinski definition) is 1. The van der Waals surface area contributed by atoms with Gasteiger partial charge in [-0.3, -0.25) is 0 Å². The summed E-state index contributed by atoms with van der Waals surface area (Å²) in [7, 11) is 3.69. The maximum absolute atomic E-state index is 5.25. The molecule has 1 N–H and O–H groups in total. The molecule has 1 atom stereocenters. The highest BCUT2D eigenvalue weighted by Crippen LogP contribution is 2.23. The van der Waals surface area contributed by atoms with Crippen LogP contribution in [0.25, 0.3) is 0 Å². The van der Waals surface area contributed by atoms with Gasteiger partial charge in [0.05, 0.1) is 7.11 Å². The Morgan fingerprint density at radius 3 is 2.67 bits per heavy atom. The van der Waals surface area contributed by atoms with Crippen molar-refractivity contribution in [1.29, 1.82) is 0 Å². The number of nitrogens with zero attached hydrogens (tertiary/aromatic N) is 5. The van der Waals surface area contributed by atoms with Gasteiger partial charge in [0.1, 0.15) is 18.1 Å². The number of benzene rings is 1. The first-order chi connectivity index (χ1) is 14.5. The van der Waals surface area contributed by atoms with Crippen molar-refractivity contribution in [3.63, 3.8) is 0 Å². The first kappa shape index (κ1) is 22.1. The lowest BCUT2D eigenvalue weighted by atomic mass is 9.97. The molecule has 1 aliphatic rings. The molecule has 2 heterocycles. The van der Waals surface area contributed by atoms with Crippen LogP contribution in [-0.4, -0.2) is 52.4 Å². The number of aryl methyl sites for hydroxylation is 1. The van der Waals surface area contributed by atoms with Gasteiger partial charge in [-0.25, -0.2) is 4.99 Å². The van der Waals surface area contributed by atoms with Gasteiger partial charge in [-0.15, -0.1) is 10.2 Å². The molecule has 0 spiro atoms. The molecule has 0 radical (unpaired) electrons. The van der Waals surface area contributed by atoms with Gasteiger partial charge in [0.15, 0.2) is 11.8 Å². The first-order valence-electron chi connectivity index (χ1n) is 11.0. The SMILES string of the molecule is COc1ccc(CCNC(=NCc2nnc(C)n2C)N2CCC(CC(C)C)C2)cc1. The van der Waals surface area contributed by atoms with Gasteiger partial charge >= 0.3 is 0 Å². The number of methoxy groups -OCH3 is 1. The lowest BCUT2D eigenvalue weighted by Crippen LogP contribution is -2.41. The lowest BCUT2D eigenvalue weighted by Gasteiger charge is -2.22. The van der Waals surface area contributed by atoms with Crippen molar-refractivity contribution in [2.24, 2.45) is 23.9 Å². The van der Waals surface area contributed by atoms with E-state index in [1.54, 1.807) is 7.11 Å². The molecule has 0 saturated carbocycles. The second kappa shape index (κ2) is 10.5. The van der Waals surface area contributed by atoms with E-state index in [1.165, 1.54) is 18.4 Å². The number of nitrogens with one attached hydrogen (secondary N) is 1. The summed E-state index contributed by atoms with van der Waals surface area (Å²) in [4.78, 5) is 7.32. The van der Waals surface area contributed by atoms with Crippen molar-refractivity contribution in [1.82, 2.24) is 25.0 Å². The number of aliphatic imine (C=N–C) groups is 1. The molecule has 1 aromatic heterocycles. The van der Waals surface area contributed by atoms with E-state index in [0.717, 1.165) is 61.2 Å². The Bertz CT molecular complexity index is 827. The molecule has 7 nitrogen and oxygen atoms in total. The van der Waals surface area contributed by atoms with E-state index in [4.69, 9.17) is 9.73 Å². The van der Waals surface area contributed by atoms with E-state index >= 15 is 0 Å². The average molecular weight is 413 g/mol. The first-order valence-corrected chi connectivity index (χ1v) is 11.0. The van der Waals surface area contributed by atoms with Crippen molar-refractivity contribution < 1.29 is 4.74 Å². The largest absolute Gasteiger partial charge is 0.497 e. The summed E-state index contributed by atoms with van der Waals surface area (Å²) < 4.78 is 7.25. The Balaban J connectivity index is 1.63. The van der Waals surface area contributed by atoms with E-state index in [9.17, 15) is 0 Å². The van der Waals surface area contributed by atoms with Crippen LogP contribution < -0.4 is 10.1 Å². The van der Waals surface area contributed by atoms with E-state index in [0.29, 0.717) is 6.54 Å². The molecule has 30 heavy (non-hydrogen) atoms. The standard InChI is InChI=1S/C23H36N6O/c1-17(2)14-20-11-13-29(16-20)23(25-15-22-27-26-18(3)28(22)4)24-12-10-19-6-8-21(30-5)9-7-19/h6-9,17,20H,10-16H2,1-5H3,(H,24,25). The Labute approximate surface area is 180 Å². The van der Waals surface area contributed by atoms with Crippen molar-refractivity contribution in [2.75, 3.05) is 26.7 Å². The summed E-state index contributed by atoms with van der Waals surface area (Å²) in [5.74, 6) is 5.15. The Hall–Kier alpha value is -2.57. The van der Waals surface area contributed by atoms with E-state index in [1.807, 2.05) is 30.7 Å². The summed E-state index contributed by atoms with van der Waals surface area (Å²) in [5.41, 5.74) is 1.28. The highest BCUT2D eigenvalue weighted by atomic mass is 16.5. The topological polar surface area (TPSA) is 67.6 Å². The minimum Gasteiger partial charge on any atom is -0.497 e. The van der Waals surface area contributed by atoms with Gasteiger partial charge in [-0.2, -0.15) is 0 Å². The highest BCUT2D eigenvalue weighted by molar-refractivity contribution is 5.80. The van der Waals surface area contributed by atoms with Gasteiger partial charge in [-0.05, 0) is 55.7 Å². The maximum atomic E-state index is 5.25. The van der Waals surface area contributed by atoms with E-state index in [2.05, 4.69) is 46.4 Å². The number of hydrogen-bond acceptors (Lipinski definition) is 4. The van der Waals surface area contributed by atoms with Crippen LogP contribution in [0.3, 0.4) is 0 Å². The molecule has 3 rings (SSSR count). The molecule has 0 aliphatic carbocycles. The van der Waals surface area contributed by atoms with Crippen LogP contribution in [0.5, 0.6) is 5.75 Å². The van der Waals surface area contributed by atoms with Crippen LogP contribution in [0.2, 0.25) is 0 Å². The molecule has 164 valence electrons. The van der Waals surface area contributed by atoms with Crippen LogP contribution in [0.4, 0.5) is 0 Å². The number of likely N-dealkylation sites (tertiary alicyclic amines) is 1. The molecule has 0 bridgehead atoms. The average Bonchev–Trinajstić information content (AvgIpc) is 3.32. The van der Waals surface area contributed by atoms with Crippen LogP contribution in [0, 0.1) is 18.8 Å². The smallest absolute Gasteiger partial charge is 0.194 e. The van der Waals surface area contributed by atoms with Crippen LogP contribution in [0.1, 0.15) is 43.9 Å². The fourth-order valence-corrected chi connectivity index (χ4v) is 4.00. The molecule has 1 saturated heterocycles. The molecule has 7 heteroatoms. The van der Waals surface area contributed by atoms with Gasteiger partial charge in [0.2, 0.25) is 0 Å². The molecule has 2 aromatic rings. The molecule has 0 amide bonds. The molecular weight excluding hydrogens is 376 g/mol. The summed E-state index contributed by atoms with van der Waals surface area (Å²) >= 11 is 0. The normalized spacial score (nSPS) is 17.1. The lowest BCUT2D eigenvalue weighted by molar-refractivity contribution is 0.403. The Morgan fingerprint density at radius 2 is 2.03 bits per heavy atom. The van der Waals surface area contributed by atoms with Crippen LogP contribution >= 0.6 is 0 Å². The van der Waals surface area contributed by atoms with Gasteiger partial charge in [0, 0.05) is 26.7 Å². The molecule has 1 unspecified atom stereocenters. The molecular formula is C23H36N6O. The van der Waals surface area contributed by atoms with Crippen molar-refractivity contribution in [3.8, 4) is 5.75 Å². The zero-order chi connectivity index (χ0) is 21.5. The summed E-state index contributed by atoms with van der Waals surface area (Å²) in [6.45, 7) is 10.1. The second-order valence-corrected chi connectivity index (χ2v) is 8.62. The maximum Gasteiger partial charge on any atom is 0.194 e. The quantitative estimate of drug-likeness (QED) is 0.533. The Morgan fingerprint density at radius 1 is 1.27 bits per heavy atom. The minimum atomic E-state index is 0.535. The number of aromatic nitrogens is 3. The summed E-state index contributed by atoms with van der Waals surface area (Å²) in [6.07, 6.45) is 3.45. The van der Waals surface area contributed by atoms with Gasteiger partial charge in [-0.1, -0.05) is 26.0 Å². The van der Waals surface area contributed by atoms with Crippen molar-refractivity contribution in [2.45, 2.75) is 46.6 Å². The third-order valence-electron chi connectivity index (χ3n) is 5.80. The fraction of sp³-hybridized carbons (Fsp3) is 0.609. The van der Waals surface area contributed by atoms with Crippen LogP contribution in [0.15, 0.2) is 29.3 Å². The highest BCUT2D eigenvalue weighted by Gasteiger charge is 2.25. The monoisotopic (exact) mass is 412 g/mol. The third-order valence-corrected chi connectivity index (χ3v) is 5.80. The van der Waals surface area contributed by atoms with Crippen molar-refractivity contribution >= 4 is 5.96 Å². The fourth-order valence-electron chi connectivity index (χ4n) is 4.00. The van der Waals surface area contributed by atoms with Gasteiger partial charge in [0.25, 0.3) is 0 Å². The van der Waals surface area contributed by atoms with E-state index < -0.39 is 0 Å². The third kappa shape index (κ3) is 5.97. The summed E-state index contributed by atoms with van der Waals surface area (Å²) in [6, 6.07) is 8.26. The number of rotatable bonds is 8. The summed E-state index contributed by atoms with van der Waals surface area (Å²) in [5, 5.41) is 12.0. The minimum absolute atomic E-state index is 0.535. The number of guanidine groups is 1. The molecule has 1 aliphatic heterocycles. The predicted octanol–water partition coefficient (Wildman–Crippen LogP) is 3.19. The van der Waals surface area contributed by atoms with E-state index in [-0.39, 0.29) is 0 Å². The Kier molecular flexibility index (Phi) is 7.71. The zero-order valence-corrected chi connectivity index (χ0v) is 19.1.